The lowest BCUT2D eigenvalue weighted by molar-refractivity contribution is -0.330. The summed E-state index contributed by atoms with van der Waals surface area (Å²) in [4.78, 5) is 51.3. The molecule has 0 unspecified atom stereocenters. The van der Waals surface area contributed by atoms with Gasteiger partial charge in [0.15, 0.2) is 18.9 Å². The fourth-order valence-corrected chi connectivity index (χ4v) is 6.38. The van der Waals surface area contributed by atoms with Crippen LogP contribution in [0.3, 0.4) is 0 Å². The van der Waals surface area contributed by atoms with Gasteiger partial charge in [-0.15, -0.1) is 0 Å². The van der Waals surface area contributed by atoms with Gasteiger partial charge >= 0.3 is 0 Å². The number of nitrogens with one attached hydrogen (secondary N) is 4. The Morgan fingerprint density at radius 3 is 1.72 bits per heavy atom. The third-order valence-electron chi connectivity index (χ3n) is 9.71. The van der Waals surface area contributed by atoms with Crippen LogP contribution < -0.4 is 21.3 Å². The molecule has 0 radical (unpaired) electrons. The minimum Gasteiger partial charge on any atom is -0.394 e. The van der Waals surface area contributed by atoms with Gasteiger partial charge < -0.3 is 90.5 Å². The molecule has 0 aromatic carbocycles. The number of unbranched alkanes of at least 4 members (excludes halogenated alkanes) is 2. The summed E-state index contributed by atoms with van der Waals surface area (Å²) in [6, 6.07) is 0. The number of carbonyl (C=O) groups excluding carboxylic acids is 4. The number of hydrogen-bond acceptors (Lipinski definition) is 19. The average molecular weight is 842 g/mol. The zero-order valence-corrected chi connectivity index (χ0v) is 32.9. The molecule has 13 atom stereocenters. The quantitative estimate of drug-likeness (QED) is 0.0402. The summed E-state index contributed by atoms with van der Waals surface area (Å²) < 4.78 is 33.3. The lowest BCUT2D eigenvalue weighted by Gasteiger charge is -2.42. The molecule has 4 amide bonds. The molecule has 3 heterocycles. The molecule has 3 aliphatic rings. The van der Waals surface area contributed by atoms with Crippen molar-refractivity contribution < 1.29 is 88.5 Å². The van der Waals surface area contributed by atoms with Crippen LogP contribution in [0.1, 0.15) is 45.4 Å². The normalized spacial score (nSPS) is 32.7. The van der Waals surface area contributed by atoms with Gasteiger partial charge in [-0.3, -0.25) is 24.1 Å². The predicted molar refractivity (Wildman–Crippen MR) is 196 cm³/mol. The summed E-state index contributed by atoms with van der Waals surface area (Å²) in [5.74, 6) is -1.69. The fourth-order valence-electron chi connectivity index (χ4n) is 6.38. The van der Waals surface area contributed by atoms with E-state index in [1.54, 1.807) is 7.05 Å². The maximum absolute atomic E-state index is 13.0. The number of rotatable bonds is 24. The lowest BCUT2D eigenvalue weighted by atomic mass is 10.0. The van der Waals surface area contributed by atoms with E-state index < -0.39 is 111 Å². The van der Waals surface area contributed by atoms with Crippen LogP contribution in [0.5, 0.6) is 0 Å². The van der Waals surface area contributed by atoms with Crippen LogP contribution in [-0.2, 0) is 47.6 Å². The topological polar surface area (TPSA) is 337 Å². The highest BCUT2D eigenvalue weighted by molar-refractivity contribution is 5.84. The van der Waals surface area contributed by atoms with E-state index in [1.165, 1.54) is 11.8 Å². The lowest BCUT2D eigenvalue weighted by Crippen LogP contribution is -2.57. The van der Waals surface area contributed by atoms with E-state index in [0.29, 0.717) is 32.2 Å². The van der Waals surface area contributed by atoms with Crippen LogP contribution in [0.25, 0.3) is 0 Å². The molecule has 58 heavy (non-hydrogen) atoms. The maximum Gasteiger partial charge on any atom is 0.234 e. The molecule has 0 aliphatic carbocycles. The van der Waals surface area contributed by atoms with Gasteiger partial charge in [-0.2, -0.15) is 0 Å². The molecule has 3 saturated heterocycles. The summed E-state index contributed by atoms with van der Waals surface area (Å²) in [7, 11) is 1.55. The number of amides is 4. The summed E-state index contributed by atoms with van der Waals surface area (Å²) in [6.07, 6.45) is -13.7. The number of aliphatic hydroxyl groups excluding tert-OH is 8. The Hall–Kier alpha value is -2.72. The van der Waals surface area contributed by atoms with E-state index in [9.17, 15) is 60.0 Å². The number of aliphatic hydroxyl groups is 8. The largest absolute Gasteiger partial charge is 0.394 e. The monoisotopic (exact) mass is 841 g/mol. The van der Waals surface area contributed by atoms with Crippen molar-refractivity contribution in [3.05, 3.63) is 0 Å². The highest BCUT2D eigenvalue weighted by Crippen LogP contribution is 2.29. The molecule has 0 aromatic rings. The van der Waals surface area contributed by atoms with Crippen LogP contribution in [0, 0.1) is 0 Å². The van der Waals surface area contributed by atoms with Crippen LogP contribution in [0.2, 0.25) is 0 Å². The molecule has 0 bridgehead atoms. The van der Waals surface area contributed by atoms with Crippen molar-refractivity contribution in [3.63, 3.8) is 0 Å². The Morgan fingerprint density at radius 2 is 1.16 bits per heavy atom. The Morgan fingerprint density at radius 1 is 0.621 bits per heavy atom. The van der Waals surface area contributed by atoms with E-state index >= 15 is 0 Å². The molecule has 3 fully saturated rings. The van der Waals surface area contributed by atoms with Crippen LogP contribution in [0.15, 0.2) is 0 Å². The molecular formula is C35H63N5O18. The van der Waals surface area contributed by atoms with Gasteiger partial charge in [0.2, 0.25) is 23.6 Å². The Labute approximate surface area is 336 Å². The molecule has 12 N–H and O–H groups in total. The Balaban J connectivity index is 1.48. The molecule has 0 saturated carbocycles. The van der Waals surface area contributed by atoms with Gasteiger partial charge in [-0.1, -0.05) is 6.42 Å². The fraction of sp³-hybridized carbons (Fsp3) is 0.886. The van der Waals surface area contributed by atoms with Gasteiger partial charge in [-0.05, 0) is 19.8 Å². The Bertz CT molecular complexity index is 1260. The van der Waals surface area contributed by atoms with Crippen LogP contribution in [-0.4, -0.2) is 222 Å². The smallest absolute Gasteiger partial charge is 0.234 e. The molecule has 23 heteroatoms. The van der Waals surface area contributed by atoms with Crippen molar-refractivity contribution in [1.29, 1.82) is 0 Å². The molecule has 23 nitrogen and oxygen atoms in total. The van der Waals surface area contributed by atoms with Crippen molar-refractivity contribution in [2.45, 2.75) is 125 Å². The average Bonchev–Trinajstić information content (AvgIpc) is 3.19. The van der Waals surface area contributed by atoms with E-state index in [-0.39, 0.29) is 64.7 Å². The Kier molecular flexibility index (Phi) is 22.1. The highest BCUT2D eigenvalue weighted by atomic mass is 16.7. The summed E-state index contributed by atoms with van der Waals surface area (Å²) >= 11 is 0. The van der Waals surface area contributed by atoms with Crippen molar-refractivity contribution in [2.24, 2.45) is 0 Å². The minimum absolute atomic E-state index is 0.0189. The molecule has 0 aromatic heterocycles. The number of nitrogens with zero attached hydrogens (tertiary/aromatic N) is 1. The van der Waals surface area contributed by atoms with Crippen LogP contribution in [0.4, 0.5) is 0 Å². The predicted octanol–water partition coefficient (Wildman–Crippen LogP) is -6.51. The molecule has 336 valence electrons. The van der Waals surface area contributed by atoms with E-state index in [1.807, 2.05) is 0 Å². The van der Waals surface area contributed by atoms with E-state index in [2.05, 4.69) is 21.3 Å². The number of carbonyl (C=O) groups is 4. The zero-order valence-electron chi connectivity index (χ0n) is 32.9. The van der Waals surface area contributed by atoms with Gasteiger partial charge in [0.05, 0.1) is 76.6 Å². The van der Waals surface area contributed by atoms with Crippen molar-refractivity contribution >= 4 is 23.6 Å². The van der Waals surface area contributed by atoms with Gasteiger partial charge in [-0.25, -0.2) is 0 Å². The summed E-state index contributed by atoms with van der Waals surface area (Å²) in [6.45, 7) is -0.683. The van der Waals surface area contributed by atoms with Gasteiger partial charge in [0, 0.05) is 45.9 Å². The molecule has 0 spiro atoms. The second kappa shape index (κ2) is 25.8. The third-order valence-corrected chi connectivity index (χ3v) is 9.71. The first-order valence-corrected chi connectivity index (χ1v) is 19.5. The van der Waals surface area contributed by atoms with E-state index in [0.717, 1.165) is 0 Å². The van der Waals surface area contributed by atoms with E-state index in [4.69, 9.17) is 28.4 Å². The highest BCUT2D eigenvalue weighted by Gasteiger charge is 2.45. The molecule has 3 rings (SSSR count). The second-order valence-electron chi connectivity index (χ2n) is 14.4. The van der Waals surface area contributed by atoms with Crippen molar-refractivity contribution in [3.8, 4) is 0 Å². The second-order valence-corrected chi connectivity index (χ2v) is 14.4. The number of hydrogen-bond donors (Lipinski definition) is 12. The van der Waals surface area contributed by atoms with Crippen molar-refractivity contribution in [1.82, 2.24) is 26.2 Å². The standard InChI is InChI=1S/C35H63N5O18/c1-19-28(48)31(51)32(52)34(55-19)54-11-9-39-27(47)16-40(14-25(45)37-7-5-3-4-6-24(44)36-2)15-26(46)38-8-10-53-33-30(50)23(13-21(18-42)56-33)58-35-29(49)22(43)12-20(17-41)57-35/h19-23,28-35,41-43,48-52H,3-18H2,1-2H3,(H,36,44)(H,37,45)(H,38,46)(H,39,47)/t19-,20-,21-,22-,23-,28+,29-,30+,31+,32-,33+,34+,35+/m0/s1. The van der Waals surface area contributed by atoms with Gasteiger partial charge in [0.25, 0.3) is 0 Å². The zero-order chi connectivity index (χ0) is 42.8. The first-order valence-electron chi connectivity index (χ1n) is 19.5. The van der Waals surface area contributed by atoms with Crippen molar-refractivity contribution in [2.75, 3.05) is 72.7 Å². The molecule has 3 aliphatic heterocycles. The maximum atomic E-state index is 13.0. The minimum atomic E-state index is -1.52. The summed E-state index contributed by atoms with van der Waals surface area (Å²) in [5.41, 5.74) is 0. The van der Waals surface area contributed by atoms with Gasteiger partial charge in [0.1, 0.15) is 30.5 Å². The first kappa shape index (κ1) is 49.6. The van der Waals surface area contributed by atoms with Crippen LogP contribution >= 0.6 is 0 Å². The summed E-state index contributed by atoms with van der Waals surface area (Å²) in [5, 5.41) is 91.0. The first-order chi connectivity index (χ1) is 27.7. The SMILES string of the molecule is CNC(=O)CCCCCNC(=O)CN(CC(=O)NCCO[C@@H]1O[C@@H](C)[C@@H](O)[C@@H](O)[C@@H]1O)CC(=O)NCCO[C@@H]1O[C@H](CO)C[C@H](O[C@H]2O[C@H](CO)C[C@H](O)[C@@H]2O)[C@H]1O. The number of ether oxygens (including phenoxy) is 6. The third kappa shape index (κ3) is 16.4. The molecular weight excluding hydrogens is 778 g/mol.